The highest BCUT2D eigenvalue weighted by Crippen LogP contribution is 2.37. The van der Waals surface area contributed by atoms with Crippen molar-refractivity contribution in [2.75, 3.05) is 4.90 Å². The Kier molecular flexibility index (Phi) is 3.24. The van der Waals surface area contributed by atoms with Gasteiger partial charge in [0.05, 0.1) is 28.5 Å². The zero-order chi connectivity index (χ0) is 16.8. The highest BCUT2D eigenvalue weighted by atomic mass is 35.5. The lowest BCUT2D eigenvalue weighted by Crippen LogP contribution is -2.27. The second kappa shape index (κ2) is 5.31. The minimum absolute atomic E-state index is 0.125. The van der Waals surface area contributed by atoms with Crippen molar-refractivity contribution < 1.29 is 9.18 Å². The maximum Gasteiger partial charge on any atom is 0.348 e. The number of halogens is 2. The van der Waals surface area contributed by atoms with Crippen molar-refractivity contribution in [1.82, 2.24) is 14.8 Å². The highest BCUT2D eigenvalue weighted by molar-refractivity contribution is 6.34. The molecule has 24 heavy (non-hydrogen) atoms. The number of amides is 1. The lowest BCUT2D eigenvalue weighted by atomic mass is 10.2. The van der Waals surface area contributed by atoms with Crippen molar-refractivity contribution in [2.45, 2.75) is 6.42 Å². The maximum absolute atomic E-state index is 13.9. The molecule has 0 atom stereocenters. The smallest absolute Gasteiger partial charge is 0.277 e. The van der Waals surface area contributed by atoms with Gasteiger partial charge in [-0.05, 0) is 24.3 Å². The van der Waals surface area contributed by atoms with Gasteiger partial charge in [-0.25, -0.2) is 18.9 Å². The number of nitrogens with zero attached hydrogens (tertiary/aromatic N) is 3. The predicted octanol–water partition coefficient (Wildman–Crippen LogP) is 2.57. The van der Waals surface area contributed by atoms with Gasteiger partial charge in [0.2, 0.25) is 5.91 Å². The van der Waals surface area contributed by atoms with E-state index in [1.807, 2.05) is 0 Å². The molecule has 0 bridgehead atoms. The van der Waals surface area contributed by atoms with Crippen LogP contribution in [0.3, 0.4) is 0 Å². The van der Waals surface area contributed by atoms with Gasteiger partial charge < -0.3 is 0 Å². The predicted molar refractivity (Wildman–Crippen MR) is 86.4 cm³/mol. The third kappa shape index (κ3) is 2.13. The standard InChI is InChI=1S/C16H10ClFN4O2/c17-10-3-1-2-4-11(10)21-13-7-9(18)5-6-12(13)22-14(8-15(21)23)19-20-16(22)24/h1-7H,8H2,(H,20,24). The van der Waals surface area contributed by atoms with Crippen LogP contribution in [0.4, 0.5) is 15.8 Å². The fourth-order valence-corrected chi connectivity index (χ4v) is 3.03. The summed E-state index contributed by atoms with van der Waals surface area (Å²) >= 11 is 6.22. The Balaban J connectivity index is 2.05. The Morgan fingerprint density at radius 2 is 1.88 bits per heavy atom. The monoisotopic (exact) mass is 344 g/mol. The summed E-state index contributed by atoms with van der Waals surface area (Å²) in [5.74, 6) is -0.640. The van der Waals surface area contributed by atoms with Crippen LogP contribution in [0, 0.1) is 5.82 Å². The fraction of sp³-hybridized carbons (Fsp3) is 0.0625. The summed E-state index contributed by atoms with van der Waals surface area (Å²) in [5.41, 5.74) is 0.510. The molecular formula is C16H10ClFN4O2. The molecule has 0 fully saturated rings. The fourth-order valence-electron chi connectivity index (χ4n) is 2.81. The average Bonchev–Trinajstić information content (AvgIpc) is 2.85. The number of carbonyl (C=O) groups excluding carboxylic acids is 1. The zero-order valence-electron chi connectivity index (χ0n) is 12.2. The van der Waals surface area contributed by atoms with Gasteiger partial charge in [-0.1, -0.05) is 23.7 Å². The summed E-state index contributed by atoms with van der Waals surface area (Å²) in [5, 5.41) is 6.55. The molecule has 3 aromatic rings. The Hall–Kier alpha value is -2.93. The molecule has 2 heterocycles. The third-order valence-corrected chi connectivity index (χ3v) is 4.13. The lowest BCUT2D eigenvalue weighted by molar-refractivity contribution is -0.117. The first-order valence-corrected chi connectivity index (χ1v) is 7.48. The number of hydrogen-bond acceptors (Lipinski definition) is 3. The van der Waals surface area contributed by atoms with E-state index in [-0.39, 0.29) is 23.8 Å². The van der Waals surface area contributed by atoms with Gasteiger partial charge in [-0.2, -0.15) is 5.10 Å². The molecule has 0 unspecified atom stereocenters. The van der Waals surface area contributed by atoms with Crippen molar-refractivity contribution >= 4 is 28.9 Å². The van der Waals surface area contributed by atoms with E-state index >= 15 is 0 Å². The normalized spacial score (nSPS) is 13.4. The first-order chi connectivity index (χ1) is 11.6. The maximum atomic E-state index is 13.9. The summed E-state index contributed by atoms with van der Waals surface area (Å²) in [4.78, 5) is 26.2. The van der Waals surface area contributed by atoms with Gasteiger partial charge >= 0.3 is 5.69 Å². The zero-order valence-corrected chi connectivity index (χ0v) is 12.9. The van der Waals surface area contributed by atoms with E-state index in [9.17, 15) is 14.0 Å². The topological polar surface area (TPSA) is 71.0 Å². The molecule has 0 radical (unpaired) electrons. The molecule has 1 aliphatic heterocycles. The van der Waals surface area contributed by atoms with Crippen LogP contribution in [0.15, 0.2) is 47.3 Å². The van der Waals surface area contributed by atoms with Crippen molar-refractivity contribution in [3.05, 3.63) is 69.6 Å². The molecule has 6 nitrogen and oxygen atoms in total. The van der Waals surface area contributed by atoms with E-state index in [4.69, 9.17) is 11.6 Å². The molecular weight excluding hydrogens is 335 g/mol. The number of H-pyrrole nitrogens is 1. The van der Waals surface area contributed by atoms with Gasteiger partial charge in [0.1, 0.15) is 11.6 Å². The van der Waals surface area contributed by atoms with E-state index in [0.717, 1.165) is 0 Å². The Labute approximate surface area is 140 Å². The van der Waals surface area contributed by atoms with Crippen LogP contribution in [-0.2, 0) is 11.2 Å². The Morgan fingerprint density at radius 3 is 2.67 bits per heavy atom. The molecule has 8 heteroatoms. The summed E-state index contributed by atoms with van der Waals surface area (Å²) in [6.45, 7) is 0. The number of hydrogen-bond donors (Lipinski definition) is 1. The number of rotatable bonds is 1. The largest absolute Gasteiger partial charge is 0.348 e. The second-order valence-corrected chi connectivity index (χ2v) is 5.68. The minimum atomic E-state index is -0.529. The molecule has 1 aliphatic rings. The highest BCUT2D eigenvalue weighted by Gasteiger charge is 2.30. The number of anilines is 2. The molecule has 1 N–H and O–H groups in total. The third-order valence-electron chi connectivity index (χ3n) is 3.81. The van der Waals surface area contributed by atoms with Gasteiger partial charge in [-0.15, -0.1) is 0 Å². The summed E-state index contributed by atoms with van der Waals surface area (Å²) < 4.78 is 15.1. The second-order valence-electron chi connectivity index (χ2n) is 5.27. The molecule has 4 rings (SSSR count). The number of aromatic nitrogens is 3. The summed E-state index contributed by atoms with van der Waals surface area (Å²) in [6, 6.07) is 10.6. The Bertz CT molecular complexity index is 1030. The molecule has 0 saturated carbocycles. The van der Waals surface area contributed by atoms with Crippen LogP contribution in [0.2, 0.25) is 5.02 Å². The molecule has 0 aliphatic carbocycles. The van der Waals surface area contributed by atoms with Gasteiger partial charge in [0.15, 0.2) is 0 Å². The lowest BCUT2D eigenvalue weighted by Gasteiger charge is -2.23. The molecule has 1 amide bonds. The van der Waals surface area contributed by atoms with Crippen LogP contribution in [0.25, 0.3) is 5.69 Å². The van der Waals surface area contributed by atoms with Crippen molar-refractivity contribution in [3.63, 3.8) is 0 Å². The minimum Gasteiger partial charge on any atom is -0.277 e. The summed E-state index contributed by atoms with van der Waals surface area (Å²) in [6.07, 6.45) is -0.125. The van der Waals surface area contributed by atoms with Gasteiger partial charge in [0.25, 0.3) is 0 Å². The molecule has 120 valence electrons. The molecule has 1 aromatic heterocycles. The van der Waals surface area contributed by atoms with E-state index in [1.165, 1.54) is 27.7 Å². The van der Waals surface area contributed by atoms with Crippen LogP contribution in [-0.4, -0.2) is 20.7 Å². The number of benzene rings is 2. The van der Waals surface area contributed by atoms with Crippen molar-refractivity contribution in [3.8, 4) is 5.69 Å². The first-order valence-electron chi connectivity index (χ1n) is 7.10. The Morgan fingerprint density at radius 1 is 1.08 bits per heavy atom. The van der Waals surface area contributed by atoms with Gasteiger partial charge in [-0.3, -0.25) is 9.69 Å². The first kappa shape index (κ1) is 14.6. The van der Waals surface area contributed by atoms with E-state index in [0.29, 0.717) is 16.4 Å². The van der Waals surface area contributed by atoms with Crippen LogP contribution >= 0.6 is 11.6 Å². The quantitative estimate of drug-likeness (QED) is 0.737. The van der Waals surface area contributed by atoms with Crippen molar-refractivity contribution in [2.24, 2.45) is 0 Å². The van der Waals surface area contributed by atoms with E-state index < -0.39 is 11.5 Å². The number of para-hydroxylation sites is 1. The number of carbonyl (C=O) groups is 1. The summed E-state index contributed by atoms with van der Waals surface area (Å²) in [7, 11) is 0. The van der Waals surface area contributed by atoms with E-state index in [1.54, 1.807) is 24.3 Å². The molecule has 0 saturated heterocycles. The SMILES string of the molecule is O=C1Cc2n[nH]c(=O)n2-c2ccc(F)cc2N1c1ccccc1Cl. The van der Waals surface area contributed by atoms with Crippen molar-refractivity contribution in [1.29, 1.82) is 0 Å². The van der Waals surface area contributed by atoms with Crippen LogP contribution in [0.1, 0.15) is 5.82 Å². The number of fused-ring (bicyclic) bond motifs is 3. The van der Waals surface area contributed by atoms with E-state index in [2.05, 4.69) is 10.2 Å². The molecule has 0 spiro atoms. The van der Waals surface area contributed by atoms with Crippen LogP contribution < -0.4 is 10.6 Å². The number of aromatic amines is 1. The number of nitrogens with one attached hydrogen (secondary N) is 1. The average molecular weight is 345 g/mol. The van der Waals surface area contributed by atoms with Gasteiger partial charge in [0, 0.05) is 6.07 Å². The van der Waals surface area contributed by atoms with Crippen LogP contribution in [0.5, 0.6) is 0 Å². The molecule has 2 aromatic carbocycles.